The normalized spacial score (nSPS) is 16.9. The molecule has 10 nitrogen and oxygen atoms in total. The molecule has 3 amide bonds. The van der Waals surface area contributed by atoms with E-state index in [2.05, 4.69) is 5.32 Å². The number of carbonyl (C=O) groups is 4. The van der Waals surface area contributed by atoms with E-state index in [1.807, 2.05) is 0 Å². The summed E-state index contributed by atoms with van der Waals surface area (Å²) >= 11 is 0. The molecule has 4 rings (SSSR count). The Balaban J connectivity index is 1.35. The average Bonchev–Trinajstić information content (AvgIpc) is 3.46. The van der Waals surface area contributed by atoms with Crippen LogP contribution in [0.3, 0.4) is 0 Å². The monoisotopic (exact) mass is 485 g/mol. The molecular weight excluding hydrogens is 462 g/mol. The molecule has 11 heteroatoms. The van der Waals surface area contributed by atoms with E-state index < -0.39 is 46.4 Å². The molecule has 0 spiro atoms. The average molecular weight is 486 g/mol. The molecule has 2 aliphatic heterocycles. The molecule has 0 aliphatic carbocycles. The maximum absolute atomic E-state index is 12.7. The predicted octanol–water partition coefficient (Wildman–Crippen LogP) is 1.64. The number of nitrogens with zero attached hydrogens (tertiary/aromatic N) is 2. The van der Waals surface area contributed by atoms with Gasteiger partial charge in [-0.1, -0.05) is 18.2 Å². The van der Waals surface area contributed by atoms with Gasteiger partial charge in [0.2, 0.25) is 10.0 Å². The van der Waals surface area contributed by atoms with Crippen molar-refractivity contribution < 1.29 is 32.3 Å². The van der Waals surface area contributed by atoms with Crippen LogP contribution in [0.5, 0.6) is 0 Å². The fraction of sp³-hybridized carbons (Fsp3) is 0.304. The summed E-state index contributed by atoms with van der Waals surface area (Å²) in [7, 11) is -3.65. The van der Waals surface area contributed by atoms with Gasteiger partial charge in [0.1, 0.15) is 6.04 Å². The number of carbonyl (C=O) groups excluding carboxylic acids is 4. The number of hydrogen-bond acceptors (Lipinski definition) is 7. The highest BCUT2D eigenvalue weighted by Gasteiger charge is 2.41. The van der Waals surface area contributed by atoms with Crippen LogP contribution in [0, 0.1) is 0 Å². The number of anilines is 1. The predicted molar refractivity (Wildman–Crippen MR) is 120 cm³/mol. The Kier molecular flexibility index (Phi) is 6.49. The van der Waals surface area contributed by atoms with E-state index in [4.69, 9.17) is 4.74 Å². The summed E-state index contributed by atoms with van der Waals surface area (Å²) in [5, 5.41) is 2.49. The zero-order chi connectivity index (χ0) is 24.5. The van der Waals surface area contributed by atoms with Crippen LogP contribution in [0.25, 0.3) is 0 Å². The van der Waals surface area contributed by atoms with E-state index in [-0.39, 0.29) is 21.7 Å². The third-order valence-corrected chi connectivity index (χ3v) is 7.61. The largest absolute Gasteiger partial charge is 0.454 e. The topological polar surface area (TPSA) is 130 Å². The Hall–Kier alpha value is -3.57. The summed E-state index contributed by atoms with van der Waals surface area (Å²) < 4.78 is 31.8. The number of imide groups is 1. The molecule has 178 valence electrons. The standard InChI is InChI=1S/C23H23N3O7S/c1-15(26-21(28)18-9-2-3-10-19(18)22(26)29)23(30)33-14-20(27)24-16-7-6-8-17(13-16)34(31,32)25-11-4-5-12-25/h2-3,6-10,13,15H,4-5,11-12,14H2,1H3,(H,24,27)/t15-/m1/s1. The first-order valence-corrected chi connectivity index (χ1v) is 12.2. The molecular formula is C23H23N3O7S. The van der Waals surface area contributed by atoms with Crippen molar-refractivity contribution in [2.75, 3.05) is 25.0 Å². The summed E-state index contributed by atoms with van der Waals surface area (Å²) in [6, 6.07) is 10.8. The second kappa shape index (κ2) is 9.35. The Bertz CT molecular complexity index is 1230. The molecule has 1 saturated heterocycles. The van der Waals surface area contributed by atoms with Crippen molar-refractivity contribution in [2.24, 2.45) is 0 Å². The van der Waals surface area contributed by atoms with Crippen molar-refractivity contribution in [3.05, 3.63) is 59.7 Å². The van der Waals surface area contributed by atoms with Gasteiger partial charge < -0.3 is 10.1 Å². The molecule has 0 radical (unpaired) electrons. The minimum absolute atomic E-state index is 0.0587. The molecule has 2 aliphatic rings. The van der Waals surface area contributed by atoms with E-state index in [9.17, 15) is 27.6 Å². The van der Waals surface area contributed by atoms with E-state index in [0.717, 1.165) is 17.7 Å². The molecule has 0 aromatic heterocycles. The molecule has 34 heavy (non-hydrogen) atoms. The third-order valence-electron chi connectivity index (χ3n) is 5.72. The number of sulfonamides is 1. The Morgan fingerprint density at radius 1 is 1.00 bits per heavy atom. The highest BCUT2D eigenvalue weighted by atomic mass is 32.2. The molecule has 0 unspecified atom stereocenters. The van der Waals surface area contributed by atoms with E-state index >= 15 is 0 Å². The Morgan fingerprint density at radius 2 is 1.62 bits per heavy atom. The second-order valence-electron chi connectivity index (χ2n) is 8.00. The first kappa shape index (κ1) is 23.6. The number of rotatable bonds is 7. The number of hydrogen-bond donors (Lipinski definition) is 1. The molecule has 0 saturated carbocycles. The molecule has 1 N–H and O–H groups in total. The van der Waals surface area contributed by atoms with E-state index in [1.165, 1.54) is 47.6 Å². The van der Waals surface area contributed by atoms with Crippen molar-refractivity contribution in [3.63, 3.8) is 0 Å². The number of nitrogens with one attached hydrogen (secondary N) is 1. The van der Waals surface area contributed by atoms with Crippen LogP contribution in [0.15, 0.2) is 53.4 Å². The number of fused-ring (bicyclic) bond motifs is 1. The molecule has 1 atom stereocenters. The summed E-state index contributed by atoms with van der Waals surface area (Å²) in [5.74, 6) is -2.83. The lowest BCUT2D eigenvalue weighted by atomic mass is 10.1. The van der Waals surface area contributed by atoms with Crippen molar-refractivity contribution in [3.8, 4) is 0 Å². The van der Waals surface area contributed by atoms with Crippen LogP contribution in [-0.2, 0) is 24.3 Å². The van der Waals surface area contributed by atoms with Crippen LogP contribution >= 0.6 is 0 Å². The van der Waals surface area contributed by atoms with Gasteiger partial charge in [0.05, 0.1) is 16.0 Å². The fourth-order valence-corrected chi connectivity index (χ4v) is 5.49. The van der Waals surface area contributed by atoms with Crippen molar-refractivity contribution >= 4 is 39.4 Å². The first-order valence-electron chi connectivity index (χ1n) is 10.7. The molecule has 2 aromatic rings. The smallest absolute Gasteiger partial charge is 0.329 e. The van der Waals surface area contributed by atoms with Gasteiger partial charge >= 0.3 is 5.97 Å². The van der Waals surface area contributed by atoms with Crippen molar-refractivity contribution in [1.82, 2.24) is 9.21 Å². The maximum atomic E-state index is 12.7. The Labute approximate surface area is 196 Å². The van der Waals surface area contributed by atoms with Crippen LogP contribution in [-0.4, -0.2) is 67.1 Å². The zero-order valence-corrected chi connectivity index (χ0v) is 19.2. The van der Waals surface area contributed by atoms with Crippen molar-refractivity contribution in [1.29, 1.82) is 0 Å². The lowest BCUT2D eigenvalue weighted by molar-refractivity contribution is -0.150. The van der Waals surface area contributed by atoms with Crippen LogP contribution in [0.2, 0.25) is 0 Å². The molecule has 2 heterocycles. The summed E-state index contributed by atoms with van der Waals surface area (Å²) in [5.41, 5.74) is 0.636. The van der Waals surface area contributed by atoms with Gasteiger partial charge in [0, 0.05) is 18.8 Å². The van der Waals surface area contributed by atoms with Crippen LogP contribution in [0.4, 0.5) is 5.69 Å². The second-order valence-corrected chi connectivity index (χ2v) is 9.93. The van der Waals surface area contributed by atoms with Gasteiger partial charge in [0.25, 0.3) is 17.7 Å². The summed E-state index contributed by atoms with van der Waals surface area (Å²) in [6.07, 6.45) is 1.61. The SMILES string of the molecule is C[C@H](C(=O)OCC(=O)Nc1cccc(S(=O)(=O)N2CCCC2)c1)N1C(=O)c2ccccc2C1=O. The molecule has 0 bridgehead atoms. The Morgan fingerprint density at radius 3 is 2.24 bits per heavy atom. The maximum Gasteiger partial charge on any atom is 0.329 e. The van der Waals surface area contributed by atoms with Gasteiger partial charge in [-0.2, -0.15) is 4.31 Å². The third kappa shape index (κ3) is 4.44. The summed E-state index contributed by atoms with van der Waals surface area (Å²) in [6.45, 7) is 1.59. The van der Waals surface area contributed by atoms with Gasteiger partial charge in [-0.05, 0) is 50.1 Å². The highest BCUT2D eigenvalue weighted by molar-refractivity contribution is 7.89. The van der Waals surface area contributed by atoms with Gasteiger partial charge in [0.15, 0.2) is 6.61 Å². The quantitative estimate of drug-likeness (QED) is 0.466. The highest BCUT2D eigenvalue weighted by Crippen LogP contribution is 2.25. The van der Waals surface area contributed by atoms with Gasteiger partial charge in [-0.15, -0.1) is 0 Å². The minimum Gasteiger partial charge on any atom is -0.454 e. The number of esters is 1. The minimum atomic E-state index is -3.65. The zero-order valence-electron chi connectivity index (χ0n) is 18.4. The molecule has 1 fully saturated rings. The van der Waals surface area contributed by atoms with E-state index in [1.54, 1.807) is 12.1 Å². The van der Waals surface area contributed by atoms with Crippen LogP contribution < -0.4 is 5.32 Å². The molecule has 2 aromatic carbocycles. The lowest BCUT2D eigenvalue weighted by Gasteiger charge is -2.20. The number of ether oxygens (including phenoxy) is 1. The van der Waals surface area contributed by atoms with Crippen LogP contribution in [0.1, 0.15) is 40.5 Å². The van der Waals surface area contributed by atoms with Gasteiger partial charge in [-0.25, -0.2) is 13.2 Å². The first-order chi connectivity index (χ1) is 16.2. The fourth-order valence-electron chi connectivity index (χ4n) is 3.93. The van der Waals surface area contributed by atoms with Gasteiger partial charge in [-0.3, -0.25) is 19.3 Å². The number of benzene rings is 2. The lowest BCUT2D eigenvalue weighted by Crippen LogP contribution is -2.44. The van der Waals surface area contributed by atoms with Crippen molar-refractivity contribution in [2.45, 2.75) is 30.7 Å². The number of amides is 3. The van der Waals surface area contributed by atoms with E-state index in [0.29, 0.717) is 13.1 Å². The summed E-state index contributed by atoms with van der Waals surface area (Å²) in [4.78, 5) is 50.6.